The topological polar surface area (TPSA) is 69.6 Å². The van der Waals surface area contributed by atoms with Crippen molar-refractivity contribution in [3.8, 4) is 0 Å². The summed E-state index contributed by atoms with van der Waals surface area (Å²) in [6.07, 6.45) is 2.34. The molecule has 1 heterocycles. The van der Waals surface area contributed by atoms with E-state index in [4.69, 9.17) is 0 Å². The van der Waals surface area contributed by atoms with Gasteiger partial charge in [-0.1, -0.05) is 6.92 Å². The van der Waals surface area contributed by atoms with Crippen molar-refractivity contribution >= 4 is 15.7 Å². The summed E-state index contributed by atoms with van der Waals surface area (Å²) in [7, 11) is -3.52. The molecular weight excluding hydrogens is 288 g/mol. The van der Waals surface area contributed by atoms with Crippen LogP contribution in [0.15, 0.2) is 29.2 Å². The minimum absolute atomic E-state index is 0.158. The van der Waals surface area contributed by atoms with Gasteiger partial charge in [0.25, 0.3) is 0 Å². The zero-order valence-electron chi connectivity index (χ0n) is 12.7. The monoisotopic (exact) mass is 312 g/mol. The third-order valence-electron chi connectivity index (χ3n) is 3.71. The second kappa shape index (κ2) is 6.34. The van der Waals surface area contributed by atoms with E-state index < -0.39 is 15.6 Å². The van der Waals surface area contributed by atoms with Crippen molar-refractivity contribution in [3.05, 3.63) is 24.3 Å². The lowest BCUT2D eigenvalue weighted by molar-refractivity contribution is 0.00940. The zero-order chi connectivity index (χ0) is 15.5. The summed E-state index contributed by atoms with van der Waals surface area (Å²) in [5, 5.41) is 13.3. The Labute approximate surface area is 127 Å². The Morgan fingerprint density at radius 2 is 2.00 bits per heavy atom. The Kier molecular flexibility index (Phi) is 4.91. The van der Waals surface area contributed by atoms with Gasteiger partial charge >= 0.3 is 0 Å². The molecule has 2 N–H and O–H groups in total. The lowest BCUT2D eigenvalue weighted by atomic mass is 9.97. The average molecular weight is 312 g/mol. The van der Waals surface area contributed by atoms with Crippen LogP contribution in [0.1, 0.15) is 33.1 Å². The molecule has 21 heavy (non-hydrogen) atoms. The van der Waals surface area contributed by atoms with E-state index in [9.17, 15) is 13.5 Å². The number of nitrogens with one attached hydrogen (secondary N) is 1. The lowest BCUT2D eigenvalue weighted by Gasteiger charge is -2.35. The molecule has 1 aromatic carbocycles. The highest BCUT2D eigenvalue weighted by molar-refractivity contribution is 7.89. The zero-order valence-corrected chi connectivity index (χ0v) is 13.5. The molecule has 6 heteroatoms. The molecule has 0 amide bonds. The minimum Gasteiger partial charge on any atom is -0.389 e. The summed E-state index contributed by atoms with van der Waals surface area (Å²) in [4.78, 5) is 0.280. The van der Waals surface area contributed by atoms with Crippen LogP contribution in [0.2, 0.25) is 0 Å². The average Bonchev–Trinajstić information content (AvgIpc) is 2.44. The van der Waals surface area contributed by atoms with Gasteiger partial charge in [-0.15, -0.1) is 0 Å². The number of β-amino-alcohol motifs (C(OH)–C–C–N with tert-alkyl or cyclic N) is 1. The van der Waals surface area contributed by atoms with E-state index in [0.717, 1.165) is 18.7 Å². The van der Waals surface area contributed by atoms with Gasteiger partial charge in [0.05, 0.1) is 10.5 Å². The second-order valence-electron chi connectivity index (χ2n) is 5.89. The number of sulfonamides is 1. The number of nitrogens with zero attached hydrogens (tertiary/aromatic N) is 1. The van der Waals surface area contributed by atoms with E-state index in [1.54, 1.807) is 31.2 Å². The Morgan fingerprint density at radius 3 is 2.57 bits per heavy atom. The number of rotatable bonds is 5. The van der Waals surface area contributed by atoms with Crippen LogP contribution in [-0.4, -0.2) is 43.1 Å². The highest BCUT2D eigenvalue weighted by Gasteiger charge is 2.35. The van der Waals surface area contributed by atoms with Gasteiger partial charge in [-0.3, -0.25) is 0 Å². The first-order chi connectivity index (χ1) is 9.85. The predicted molar refractivity (Wildman–Crippen MR) is 83.8 cm³/mol. The Hall–Kier alpha value is -1.11. The van der Waals surface area contributed by atoms with Gasteiger partial charge in [0.15, 0.2) is 0 Å². The van der Waals surface area contributed by atoms with Gasteiger partial charge in [0, 0.05) is 25.3 Å². The maximum absolute atomic E-state index is 12.6. The fraction of sp³-hybridized carbons (Fsp3) is 0.600. The predicted octanol–water partition coefficient (Wildman–Crippen LogP) is 2.04. The van der Waals surface area contributed by atoms with Crippen LogP contribution < -0.4 is 5.32 Å². The molecular formula is C15H24N2O3S. The summed E-state index contributed by atoms with van der Waals surface area (Å²) in [5.41, 5.74) is -0.0186. The van der Waals surface area contributed by atoms with Gasteiger partial charge in [-0.25, -0.2) is 8.42 Å². The quantitative estimate of drug-likeness (QED) is 0.873. The largest absolute Gasteiger partial charge is 0.389 e. The number of aliphatic hydroxyl groups is 1. The van der Waals surface area contributed by atoms with Gasteiger partial charge < -0.3 is 10.4 Å². The van der Waals surface area contributed by atoms with Crippen molar-refractivity contribution in [3.63, 3.8) is 0 Å². The number of piperidine rings is 1. The standard InChI is InChI=1S/C15H24N2O3S/c1-3-10-16-13-5-7-14(8-6-13)21(19,20)17-11-4-9-15(2,18)12-17/h5-8,16,18H,3-4,9-12H2,1-2H3. The number of benzene rings is 1. The molecule has 0 aromatic heterocycles. The summed E-state index contributed by atoms with van der Waals surface area (Å²) in [5.74, 6) is 0. The third-order valence-corrected chi connectivity index (χ3v) is 5.57. The number of hydrogen-bond acceptors (Lipinski definition) is 4. The van der Waals surface area contributed by atoms with Gasteiger partial charge in [0.1, 0.15) is 0 Å². The van der Waals surface area contributed by atoms with Crippen LogP contribution in [-0.2, 0) is 10.0 Å². The highest BCUT2D eigenvalue weighted by Crippen LogP contribution is 2.26. The van der Waals surface area contributed by atoms with E-state index in [0.29, 0.717) is 19.4 Å². The minimum atomic E-state index is -3.52. The van der Waals surface area contributed by atoms with Crippen molar-refractivity contribution in [1.82, 2.24) is 4.31 Å². The normalized spacial score (nSPS) is 24.0. The van der Waals surface area contributed by atoms with Gasteiger partial charge in [0.2, 0.25) is 10.0 Å². The van der Waals surface area contributed by atoms with Crippen molar-refractivity contribution in [2.45, 2.75) is 43.6 Å². The van der Waals surface area contributed by atoms with Crippen molar-refractivity contribution in [1.29, 1.82) is 0 Å². The van der Waals surface area contributed by atoms with Crippen LogP contribution in [0.4, 0.5) is 5.69 Å². The van der Waals surface area contributed by atoms with Crippen LogP contribution in [0.3, 0.4) is 0 Å². The Bertz CT molecular complexity index is 567. The summed E-state index contributed by atoms with van der Waals surface area (Å²) < 4.78 is 26.6. The van der Waals surface area contributed by atoms with E-state index in [-0.39, 0.29) is 11.4 Å². The summed E-state index contributed by atoms with van der Waals surface area (Å²) >= 11 is 0. The fourth-order valence-electron chi connectivity index (χ4n) is 2.54. The molecule has 0 saturated carbocycles. The molecule has 118 valence electrons. The van der Waals surface area contributed by atoms with Crippen LogP contribution in [0, 0.1) is 0 Å². The van der Waals surface area contributed by atoms with E-state index in [1.165, 1.54) is 4.31 Å². The van der Waals surface area contributed by atoms with Crippen LogP contribution in [0.25, 0.3) is 0 Å². The van der Waals surface area contributed by atoms with Crippen molar-refractivity contribution < 1.29 is 13.5 Å². The molecule has 1 unspecified atom stereocenters. The van der Waals surface area contributed by atoms with E-state index >= 15 is 0 Å². The van der Waals surface area contributed by atoms with Crippen LogP contribution >= 0.6 is 0 Å². The number of hydrogen-bond donors (Lipinski definition) is 2. The molecule has 1 fully saturated rings. The fourth-order valence-corrected chi connectivity index (χ4v) is 4.14. The molecule has 1 atom stereocenters. The third kappa shape index (κ3) is 3.96. The molecule has 0 radical (unpaired) electrons. The second-order valence-corrected chi connectivity index (χ2v) is 7.83. The molecule has 0 bridgehead atoms. The first-order valence-electron chi connectivity index (χ1n) is 7.42. The lowest BCUT2D eigenvalue weighted by Crippen LogP contribution is -2.48. The molecule has 1 saturated heterocycles. The molecule has 1 aliphatic rings. The van der Waals surface area contributed by atoms with E-state index in [1.807, 2.05) is 0 Å². The Balaban J connectivity index is 2.15. The first kappa shape index (κ1) is 16.3. The SMILES string of the molecule is CCCNc1ccc(S(=O)(=O)N2CCCC(C)(O)C2)cc1. The Morgan fingerprint density at radius 1 is 1.33 bits per heavy atom. The van der Waals surface area contributed by atoms with Crippen molar-refractivity contribution in [2.24, 2.45) is 0 Å². The molecule has 1 aliphatic heterocycles. The summed E-state index contributed by atoms with van der Waals surface area (Å²) in [6.45, 7) is 5.25. The smallest absolute Gasteiger partial charge is 0.243 e. The van der Waals surface area contributed by atoms with E-state index in [2.05, 4.69) is 12.2 Å². The molecule has 2 rings (SSSR count). The maximum Gasteiger partial charge on any atom is 0.243 e. The number of anilines is 1. The van der Waals surface area contributed by atoms with Gasteiger partial charge in [-0.05, 0) is 50.5 Å². The molecule has 1 aromatic rings. The van der Waals surface area contributed by atoms with Crippen molar-refractivity contribution in [2.75, 3.05) is 25.0 Å². The molecule has 0 aliphatic carbocycles. The first-order valence-corrected chi connectivity index (χ1v) is 8.86. The molecule has 0 spiro atoms. The molecule has 5 nitrogen and oxygen atoms in total. The van der Waals surface area contributed by atoms with Crippen LogP contribution in [0.5, 0.6) is 0 Å². The summed E-state index contributed by atoms with van der Waals surface area (Å²) in [6, 6.07) is 6.81. The maximum atomic E-state index is 12.6. The van der Waals surface area contributed by atoms with Gasteiger partial charge in [-0.2, -0.15) is 4.31 Å². The highest BCUT2D eigenvalue weighted by atomic mass is 32.2.